The number of aryl methyl sites for hydroxylation is 3. The summed E-state index contributed by atoms with van der Waals surface area (Å²) in [5.41, 5.74) is 3.44. The standard InChI is InChI=1S/C16H23NO3/c1-11-8-13(3)15(9-12(11)2)20-10-16(19)17-6-4-14(18)5-7-17/h8-9,14,18H,4-7,10H2,1-3H3. The highest BCUT2D eigenvalue weighted by Gasteiger charge is 2.21. The Morgan fingerprint density at radius 2 is 1.80 bits per heavy atom. The van der Waals surface area contributed by atoms with Gasteiger partial charge in [-0.3, -0.25) is 4.79 Å². The van der Waals surface area contributed by atoms with Crippen molar-refractivity contribution in [1.82, 2.24) is 4.90 Å². The van der Waals surface area contributed by atoms with Gasteiger partial charge in [-0.15, -0.1) is 0 Å². The van der Waals surface area contributed by atoms with E-state index in [-0.39, 0.29) is 18.6 Å². The fraction of sp³-hybridized carbons (Fsp3) is 0.562. The van der Waals surface area contributed by atoms with Crippen molar-refractivity contribution in [3.05, 3.63) is 28.8 Å². The van der Waals surface area contributed by atoms with Crippen LogP contribution in [0.3, 0.4) is 0 Å². The molecule has 20 heavy (non-hydrogen) atoms. The maximum absolute atomic E-state index is 12.1. The molecular formula is C16H23NO3. The molecule has 0 bridgehead atoms. The predicted octanol–water partition coefficient (Wildman–Crippen LogP) is 1.97. The van der Waals surface area contributed by atoms with E-state index in [1.807, 2.05) is 19.9 Å². The second-order valence-corrected chi connectivity index (χ2v) is 5.60. The van der Waals surface area contributed by atoms with E-state index in [0.29, 0.717) is 25.9 Å². The normalized spacial score (nSPS) is 16.3. The summed E-state index contributed by atoms with van der Waals surface area (Å²) in [5, 5.41) is 9.44. The summed E-state index contributed by atoms with van der Waals surface area (Å²) < 4.78 is 5.66. The maximum Gasteiger partial charge on any atom is 0.260 e. The molecule has 1 N–H and O–H groups in total. The van der Waals surface area contributed by atoms with E-state index in [1.54, 1.807) is 4.90 Å². The first-order chi connectivity index (χ1) is 9.47. The summed E-state index contributed by atoms with van der Waals surface area (Å²) in [6.07, 6.45) is 1.06. The van der Waals surface area contributed by atoms with Crippen LogP contribution in [0.5, 0.6) is 5.75 Å². The number of carbonyl (C=O) groups excluding carboxylic acids is 1. The second kappa shape index (κ2) is 6.27. The lowest BCUT2D eigenvalue weighted by Gasteiger charge is -2.29. The van der Waals surface area contributed by atoms with Gasteiger partial charge in [-0.05, 0) is 56.4 Å². The minimum absolute atomic E-state index is 0.00507. The first-order valence-corrected chi connectivity index (χ1v) is 7.14. The maximum atomic E-state index is 12.1. The minimum Gasteiger partial charge on any atom is -0.483 e. The van der Waals surface area contributed by atoms with Crippen molar-refractivity contribution in [1.29, 1.82) is 0 Å². The quantitative estimate of drug-likeness (QED) is 0.919. The molecule has 0 saturated carbocycles. The van der Waals surface area contributed by atoms with E-state index in [0.717, 1.165) is 11.3 Å². The molecule has 0 atom stereocenters. The Hall–Kier alpha value is -1.55. The van der Waals surface area contributed by atoms with Crippen molar-refractivity contribution in [3.8, 4) is 5.75 Å². The molecule has 0 radical (unpaired) electrons. The molecule has 1 fully saturated rings. The van der Waals surface area contributed by atoms with E-state index in [9.17, 15) is 9.90 Å². The summed E-state index contributed by atoms with van der Waals surface area (Å²) in [4.78, 5) is 13.8. The first kappa shape index (κ1) is 14.9. The van der Waals surface area contributed by atoms with E-state index in [2.05, 4.69) is 13.0 Å². The molecule has 4 heteroatoms. The highest BCUT2D eigenvalue weighted by Crippen LogP contribution is 2.22. The topological polar surface area (TPSA) is 49.8 Å². The lowest BCUT2D eigenvalue weighted by atomic mass is 10.1. The zero-order chi connectivity index (χ0) is 14.7. The van der Waals surface area contributed by atoms with E-state index >= 15 is 0 Å². The summed E-state index contributed by atoms with van der Waals surface area (Å²) >= 11 is 0. The second-order valence-electron chi connectivity index (χ2n) is 5.60. The SMILES string of the molecule is Cc1cc(C)c(OCC(=O)N2CCC(O)CC2)cc1C. The van der Waals surface area contributed by atoms with Gasteiger partial charge in [-0.2, -0.15) is 0 Å². The number of aliphatic hydroxyl groups is 1. The minimum atomic E-state index is -0.262. The van der Waals surface area contributed by atoms with Crippen LogP contribution >= 0.6 is 0 Å². The Balaban J connectivity index is 1.92. The number of benzene rings is 1. The van der Waals surface area contributed by atoms with Gasteiger partial charge in [0.05, 0.1) is 6.10 Å². The zero-order valence-corrected chi connectivity index (χ0v) is 12.5. The average Bonchev–Trinajstić information content (AvgIpc) is 2.42. The van der Waals surface area contributed by atoms with E-state index in [1.165, 1.54) is 11.1 Å². The van der Waals surface area contributed by atoms with Crippen molar-refractivity contribution < 1.29 is 14.6 Å². The van der Waals surface area contributed by atoms with Crippen molar-refractivity contribution >= 4 is 5.91 Å². The van der Waals surface area contributed by atoms with Gasteiger partial charge in [0.1, 0.15) is 5.75 Å². The molecule has 0 unspecified atom stereocenters. The van der Waals surface area contributed by atoms with Gasteiger partial charge in [0, 0.05) is 13.1 Å². The van der Waals surface area contributed by atoms with Gasteiger partial charge >= 0.3 is 0 Å². The number of hydrogen-bond donors (Lipinski definition) is 1. The van der Waals surface area contributed by atoms with Crippen LogP contribution in [-0.2, 0) is 4.79 Å². The molecule has 1 aromatic rings. The van der Waals surface area contributed by atoms with Crippen molar-refractivity contribution in [2.45, 2.75) is 39.7 Å². The summed E-state index contributed by atoms with van der Waals surface area (Å²) in [6, 6.07) is 4.06. The lowest BCUT2D eigenvalue weighted by molar-refractivity contribution is -0.135. The predicted molar refractivity (Wildman–Crippen MR) is 78.0 cm³/mol. The number of carbonyl (C=O) groups is 1. The third-order valence-electron chi connectivity index (χ3n) is 3.96. The van der Waals surface area contributed by atoms with Gasteiger partial charge in [0.25, 0.3) is 5.91 Å². The molecule has 110 valence electrons. The van der Waals surface area contributed by atoms with Crippen molar-refractivity contribution in [2.75, 3.05) is 19.7 Å². The Morgan fingerprint density at radius 1 is 1.20 bits per heavy atom. The van der Waals surface area contributed by atoms with E-state index in [4.69, 9.17) is 4.74 Å². The number of nitrogens with zero attached hydrogens (tertiary/aromatic N) is 1. The third-order valence-corrected chi connectivity index (χ3v) is 3.96. The molecule has 1 aliphatic heterocycles. The molecule has 0 spiro atoms. The van der Waals surface area contributed by atoms with Crippen molar-refractivity contribution in [2.24, 2.45) is 0 Å². The molecule has 1 aromatic carbocycles. The Kier molecular flexibility index (Phi) is 4.65. The monoisotopic (exact) mass is 277 g/mol. The number of ether oxygens (including phenoxy) is 1. The van der Waals surface area contributed by atoms with Crippen LogP contribution in [0.15, 0.2) is 12.1 Å². The molecule has 2 rings (SSSR count). The summed E-state index contributed by atoms with van der Waals surface area (Å²) in [6.45, 7) is 7.40. The molecule has 1 heterocycles. The first-order valence-electron chi connectivity index (χ1n) is 7.14. The van der Waals surface area contributed by atoms with Crippen LogP contribution < -0.4 is 4.74 Å². The zero-order valence-electron chi connectivity index (χ0n) is 12.5. The lowest BCUT2D eigenvalue weighted by Crippen LogP contribution is -2.42. The smallest absolute Gasteiger partial charge is 0.260 e. The molecule has 1 amide bonds. The fourth-order valence-electron chi connectivity index (χ4n) is 2.44. The van der Waals surface area contributed by atoms with Crippen LogP contribution in [0.1, 0.15) is 29.5 Å². The molecule has 1 aliphatic rings. The average molecular weight is 277 g/mol. The summed E-state index contributed by atoms with van der Waals surface area (Å²) in [5.74, 6) is 0.771. The Bertz CT molecular complexity index is 491. The number of rotatable bonds is 3. The fourth-order valence-corrected chi connectivity index (χ4v) is 2.44. The van der Waals surface area contributed by atoms with Gasteiger partial charge < -0.3 is 14.7 Å². The van der Waals surface area contributed by atoms with Crippen LogP contribution in [-0.4, -0.2) is 41.7 Å². The largest absolute Gasteiger partial charge is 0.483 e. The number of amides is 1. The van der Waals surface area contributed by atoms with Crippen LogP contribution in [0.4, 0.5) is 0 Å². The molecule has 0 aromatic heterocycles. The van der Waals surface area contributed by atoms with Gasteiger partial charge in [0.15, 0.2) is 6.61 Å². The number of piperidine rings is 1. The Morgan fingerprint density at radius 3 is 2.45 bits per heavy atom. The number of aliphatic hydroxyl groups excluding tert-OH is 1. The summed E-state index contributed by atoms with van der Waals surface area (Å²) in [7, 11) is 0. The number of hydrogen-bond acceptors (Lipinski definition) is 3. The molecular weight excluding hydrogens is 254 g/mol. The highest BCUT2D eigenvalue weighted by atomic mass is 16.5. The van der Waals surface area contributed by atoms with Gasteiger partial charge in [-0.1, -0.05) is 6.07 Å². The van der Waals surface area contributed by atoms with Gasteiger partial charge in [-0.25, -0.2) is 0 Å². The van der Waals surface area contributed by atoms with Crippen LogP contribution in [0, 0.1) is 20.8 Å². The van der Waals surface area contributed by atoms with Gasteiger partial charge in [0.2, 0.25) is 0 Å². The number of likely N-dealkylation sites (tertiary alicyclic amines) is 1. The van der Waals surface area contributed by atoms with Crippen molar-refractivity contribution in [3.63, 3.8) is 0 Å². The van der Waals surface area contributed by atoms with Crippen LogP contribution in [0.25, 0.3) is 0 Å². The van der Waals surface area contributed by atoms with Crippen LogP contribution in [0.2, 0.25) is 0 Å². The third kappa shape index (κ3) is 3.51. The highest BCUT2D eigenvalue weighted by molar-refractivity contribution is 5.77. The molecule has 1 saturated heterocycles. The molecule has 4 nitrogen and oxygen atoms in total. The molecule has 0 aliphatic carbocycles. The van der Waals surface area contributed by atoms with E-state index < -0.39 is 0 Å². The Labute approximate surface area is 120 Å².